The highest BCUT2D eigenvalue weighted by molar-refractivity contribution is 5.43. The van der Waals surface area contributed by atoms with Crippen molar-refractivity contribution in [1.82, 2.24) is 4.98 Å². The first-order chi connectivity index (χ1) is 7.18. The van der Waals surface area contributed by atoms with Crippen LogP contribution in [-0.4, -0.2) is 24.7 Å². The van der Waals surface area contributed by atoms with Gasteiger partial charge in [0.05, 0.1) is 18.5 Å². The van der Waals surface area contributed by atoms with Crippen molar-refractivity contribution in [2.24, 2.45) is 5.92 Å². The van der Waals surface area contributed by atoms with Crippen LogP contribution in [0.15, 0.2) is 18.3 Å². The predicted molar refractivity (Wildman–Crippen MR) is 62.8 cm³/mol. The SMILES string of the molecule is CC(C)COCCNc1ccc(N)cn1. The summed E-state index contributed by atoms with van der Waals surface area (Å²) in [6, 6.07) is 3.68. The molecule has 1 rings (SSSR count). The fraction of sp³-hybridized carbons (Fsp3) is 0.545. The molecule has 0 spiro atoms. The van der Waals surface area contributed by atoms with Crippen LogP contribution in [0.1, 0.15) is 13.8 Å². The molecule has 4 nitrogen and oxygen atoms in total. The van der Waals surface area contributed by atoms with Crippen LogP contribution in [0.25, 0.3) is 0 Å². The molecular weight excluding hydrogens is 190 g/mol. The van der Waals surface area contributed by atoms with E-state index in [-0.39, 0.29) is 0 Å². The minimum Gasteiger partial charge on any atom is -0.397 e. The van der Waals surface area contributed by atoms with Gasteiger partial charge in [-0.3, -0.25) is 0 Å². The van der Waals surface area contributed by atoms with Gasteiger partial charge in [-0.2, -0.15) is 0 Å². The summed E-state index contributed by atoms with van der Waals surface area (Å²) in [4.78, 5) is 4.12. The van der Waals surface area contributed by atoms with Crippen LogP contribution in [0.3, 0.4) is 0 Å². The maximum atomic E-state index is 5.52. The molecule has 1 heterocycles. The third-order valence-corrected chi connectivity index (χ3v) is 1.79. The van der Waals surface area contributed by atoms with Crippen molar-refractivity contribution < 1.29 is 4.74 Å². The molecule has 4 heteroatoms. The highest BCUT2D eigenvalue weighted by Crippen LogP contribution is 2.04. The van der Waals surface area contributed by atoms with E-state index in [0.29, 0.717) is 18.2 Å². The summed E-state index contributed by atoms with van der Waals surface area (Å²) in [5.74, 6) is 1.41. The lowest BCUT2D eigenvalue weighted by atomic mass is 10.2. The first kappa shape index (κ1) is 11.8. The molecule has 0 aromatic carbocycles. The zero-order valence-electron chi connectivity index (χ0n) is 9.36. The Morgan fingerprint density at radius 2 is 2.27 bits per heavy atom. The normalized spacial score (nSPS) is 10.6. The minimum absolute atomic E-state index is 0.583. The fourth-order valence-corrected chi connectivity index (χ4v) is 1.08. The molecular formula is C11H19N3O. The molecule has 0 saturated carbocycles. The van der Waals surface area contributed by atoms with Gasteiger partial charge in [-0.25, -0.2) is 4.98 Å². The number of aromatic nitrogens is 1. The lowest BCUT2D eigenvalue weighted by molar-refractivity contribution is 0.118. The Kier molecular flexibility index (Phi) is 4.90. The van der Waals surface area contributed by atoms with Crippen LogP contribution in [0, 0.1) is 5.92 Å². The molecule has 0 aliphatic rings. The second-order valence-corrected chi connectivity index (χ2v) is 3.87. The molecule has 0 unspecified atom stereocenters. The van der Waals surface area contributed by atoms with Crippen LogP contribution in [-0.2, 0) is 4.74 Å². The maximum absolute atomic E-state index is 5.52. The van der Waals surface area contributed by atoms with Gasteiger partial charge in [0, 0.05) is 13.2 Å². The average molecular weight is 209 g/mol. The Morgan fingerprint density at radius 1 is 1.47 bits per heavy atom. The van der Waals surface area contributed by atoms with E-state index in [4.69, 9.17) is 10.5 Å². The van der Waals surface area contributed by atoms with Crippen molar-refractivity contribution in [1.29, 1.82) is 0 Å². The number of rotatable bonds is 6. The third kappa shape index (κ3) is 5.22. The van der Waals surface area contributed by atoms with Gasteiger partial charge in [0.25, 0.3) is 0 Å². The lowest BCUT2D eigenvalue weighted by Crippen LogP contribution is -2.12. The van der Waals surface area contributed by atoms with Gasteiger partial charge in [0.2, 0.25) is 0 Å². The van der Waals surface area contributed by atoms with E-state index in [1.165, 1.54) is 0 Å². The fourth-order valence-electron chi connectivity index (χ4n) is 1.08. The summed E-state index contributed by atoms with van der Waals surface area (Å²) in [6.07, 6.45) is 1.64. The molecule has 15 heavy (non-hydrogen) atoms. The summed E-state index contributed by atoms with van der Waals surface area (Å²) in [6.45, 7) is 6.54. The summed E-state index contributed by atoms with van der Waals surface area (Å²) in [7, 11) is 0. The Bertz CT molecular complexity index is 272. The molecule has 0 bridgehead atoms. The third-order valence-electron chi connectivity index (χ3n) is 1.79. The van der Waals surface area contributed by atoms with E-state index < -0.39 is 0 Å². The highest BCUT2D eigenvalue weighted by Gasteiger charge is 1.95. The van der Waals surface area contributed by atoms with Crippen LogP contribution >= 0.6 is 0 Å². The Morgan fingerprint density at radius 3 is 2.87 bits per heavy atom. The van der Waals surface area contributed by atoms with Crippen LogP contribution in [0.2, 0.25) is 0 Å². The number of nitrogens with zero attached hydrogens (tertiary/aromatic N) is 1. The van der Waals surface area contributed by atoms with Crippen molar-refractivity contribution in [2.75, 3.05) is 30.8 Å². The highest BCUT2D eigenvalue weighted by atomic mass is 16.5. The number of nitrogens with one attached hydrogen (secondary N) is 1. The number of hydrogen-bond donors (Lipinski definition) is 2. The molecule has 1 aromatic heterocycles. The van der Waals surface area contributed by atoms with Gasteiger partial charge in [-0.1, -0.05) is 13.8 Å². The largest absolute Gasteiger partial charge is 0.397 e. The van der Waals surface area contributed by atoms with Gasteiger partial charge in [-0.15, -0.1) is 0 Å². The van der Waals surface area contributed by atoms with Crippen molar-refractivity contribution in [3.05, 3.63) is 18.3 Å². The van der Waals surface area contributed by atoms with E-state index in [1.54, 1.807) is 6.20 Å². The second kappa shape index (κ2) is 6.24. The monoisotopic (exact) mass is 209 g/mol. The Balaban J connectivity index is 2.12. The molecule has 0 saturated heterocycles. The zero-order chi connectivity index (χ0) is 11.1. The molecule has 3 N–H and O–H groups in total. The lowest BCUT2D eigenvalue weighted by Gasteiger charge is -2.08. The average Bonchev–Trinajstić information content (AvgIpc) is 2.20. The molecule has 0 atom stereocenters. The summed E-state index contributed by atoms with van der Waals surface area (Å²) < 4.78 is 5.43. The Hall–Kier alpha value is -1.29. The molecule has 0 aliphatic heterocycles. The van der Waals surface area contributed by atoms with Gasteiger partial charge in [0.1, 0.15) is 5.82 Å². The number of hydrogen-bond acceptors (Lipinski definition) is 4. The molecule has 1 aromatic rings. The van der Waals surface area contributed by atoms with Crippen molar-refractivity contribution in [3.63, 3.8) is 0 Å². The zero-order valence-corrected chi connectivity index (χ0v) is 9.36. The topological polar surface area (TPSA) is 60.2 Å². The quantitative estimate of drug-likeness (QED) is 0.701. The van der Waals surface area contributed by atoms with Gasteiger partial charge < -0.3 is 15.8 Å². The van der Waals surface area contributed by atoms with Crippen LogP contribution in [0.4, 0.5) is 11.5 Å². The number of anilines is 2. The molecule has 0 aliphatic carbocycles. The molecule has 0 fully saturated rings. The Labute approximate surface area is 90.8 Å². The second-order valence-electron chi connectivity index (χ2n) is 3.87. The van der Waals surface area contributed by atoms with E-state index in [2.05, 4.69) is 24.1 Å². The molecule has 0 radical (unpaired) electrons. The van der Waals surface area contributed by atoms with Crippen molar-refractivity contribution in [3.8, 4) is 0 Å². The molecule has 84 valence electrons. The number of pyridine rings is 1. The number of nitrogens with two attached hydrogens (primary N) is 1. The van der Waals surface area contributed by atoms with Gasteiger partial charge >= 0.3 is 0 Å². The number of ether oxygens (including phenoxy) is 1. The van der Waals surface area contributed by atoms with Crippen LogP contribution < -0.4 is 11.1 Å². The van der Waals surface area contributed by atoms with Crippen LogP contribution in [0.5, 0.6) is 0 Å². The van der Waals surface area contributed by atoms with Gasteiger partial charge in [-0.05, 0) is 18.1 Å². The maximum Gasteiger partial charge on any atom is 0.126 e. The van der Waals surface area contributed by atoms with Crippen molar-refractivity contribution in [2.45, 2.75) is 13.8 Å². The smallest absolute Gasteiger partial charge is 0.126 e. The predicted octanol–water partition coefficient (Wildman–Crippen LogP) is 1.75. The van der Waals surface area contributed by atoms with E-state index in [1.807, 2.05) is 12.1 Å². The van der Waals surface area contributed by atoms with Gasteiger partial charge in [0.15, 0.2) is 0 Å². The summed E-state index contributed by atoms with van der Waals surface area (Å²) in [5, 5.41) is 3.15. The minimum atomic E-state index is 0.583. The first-order valence-corrected chi connectivity index (χ1v) is 5.21. The van der Waals surface area contributed by atoms with E-state index >= 15 is 0 Å². The van der Waals surface area contributed by atoms with E-state index in [9.17, 15) is 0 Å². The standard InChI is InChI=1S/C11H19N3O/c1-9(2)8-15-6-5-13-11-4-3-10(12)7-14-11/h3-4,7,9H,5-6,8,12H2,1-2H3,(H,13,14). The first-order valence-electron chi connectivity index (χ1n) is 5.21. The van der Waals surface area contributed by atoms with Crippen molar-refractivity contribution >= 4 is 11.5 Å². The summed E-state index contributed by atoms with van der Waals surface area (Å²) >= 11 is 0. The van der Waals surface area contributed by atoms with E-state index in [0.717, 1.165) is 19.0 Å². The summed E-state index contributed by atoms with van der Waals surface area (Å²) in [5.41, 5.74) is 6.20. The molecule has 0 amide bonds. The number of nitrogen functional groups attached to an aromatic ring is 1.